The van der Waals surface area contributed by atoms with Crippen molar-refractivity contribution in [2.75, 3.05) is 17.7 Å². The van der Waals surface area contributed by atoms with Gasteiger partial charge in [0.25, 0.3) is 0 Å². The Labute approximate surface area is 202 Å². The van der Waals surface area contributed by atoms with E-state index in [1.165, 1.54) is 11.8 Å². The highest BCUT2D eigenvalue weighted by Gasteiger charge is 2.14. The number of thioether (sulfide) groups is 1. The lowest BCUT2D eigenvalue weighted by atomic mass is 10.2. The molecule has 1 heterocycles. The van der Waals surface area contributed by atoms with Crippen molar-refractivity contribution in [1.29, 1.82) is 0 Å². The Morgan fingerprint density at radius 2 is 2.06 bits per heavy atom. The van der Waals surface area contributed by atoms with Crippen molar-refractivity contribution in [3.8, 4) is 5.75 Å². The third-order valence-corrected chi connectivity index (χ3v) is 6.06. The van der Waals surface area contributed by atoms with E-state index >= 15 is 0 Å². The minimum absolute atomic E-state index is 0.162. The first-order valence-electron chi connectivity index (χ1n) is 10.1. The number of aromatic nitrogens is 3. The first kappa shape index (κ1) is 24.2. The van der Waals surface area contributed by atoms with Crippen molar-refractivity contribution in [2.24, 2.45) is 0 Å². The van der Waals surface area contributed by atoms with Gasteiger partial charge in [0.1, 0.15) is 11.6 Å². The van der Waals surface area contributed by atoms with Gasteiger partial charge < -0.3 is 14.6 Å². The number of allylic oxidation sites excluding steroid dienone is 1. The zero-order chi connectivity index (χ0) is 22.9. The van der Waals surface area contributed by atoms with Gasteiger partial charge in [-0.25, -0.2) is 0 Å². The number of anilines is 1. The Morgan fingerprint density at radius 1 is 1.25 bits per heavy atom. The first-order valence-corrected chi connectivity index (χ1v) is 11.8. The van der Waals surface area contributed by atoms with E-state index in [1.807, 2.05) is 41.8 Å². The highest BCUT2D eigenvalue weighted by molar-refractivity contribution is 7.99. The molecule has 6 nitrogen and oxygen atoms in total. The fraction of sp³-hybridized carbons (Fsp3) is 0.261. The van der Waals surface area contributed by atoms with Crippen LogP contribution in [0.25, 0.3) is 0 Å². The number of ether oxygens (including phenoxy) is 1. The molecule has 0 spiro atoms. The van der Waals surface area contributed by atoms with Gasteiger partial charge in [0.2, 0.25) is 5.91 Å². The number of halogens is 2. The van der Waals surface area contributed by atoms with Crippen molar-refractivity contribution in [2.45, 2.75) is 31.5 Å². The second kappa shape index (κ2) is 11.9. The Bertz CT molecular complexity index is 1090. The van der Waals surface area contributed by atoms with E-state index in [0.717, 1.165) is 23.6 Å². The molecule has 1 aromatic heterocycles. The summed E-state index contributed by atoms with van der Waals surface area (Å²) in [7, 11) is 0. The highest BCUT2D eigenvalue weighted by Crippen LogP contribution is 2.23. The summed E-state index contributed by atoms with van der Waals surface area (Å²) in [4.78, 5) is 12.3. The van der Waals surface area contributed by atoms with Gasteiger partial charge in [0.15, 0.2) is 5.16 Å². The number of hydrogen-bond acceptors (Lipinski definition) is 5. The predicted octanol–water partition coefficient (Wildman–Crippen LogP) is 5.82. The molecule has 0 aliphatic heterocycles. The number of para-hydroxylation sites is 1. The zero-order valence-corrected chi connectivity index (χ0v) is 20.0. The molecule has 1 amide bonds. The number of amides is 1. The summed E-state index contributed by atoms with van der Waals surface area (Å²) in [6.07, 6.45) is 3.25. The molecule has 2 aromatic carbocycles. The average Bonchev–Trinajstić information content (AvgIpc) is 3.14. The van der Waals surface area contributed by atoms with Crippen LogP contribution in [0.3, 0.4) is 0 Å². The summed E-state index contributed by atoms with van der Waals surface area (Å²) in [5, 5.41) is 13.2. The van der Waals surface area contributed by atoms with E-state index in [-0.39, 0.29) is 11.7 Å². The second-order valence-corrected chi connectivity index (χ2v) is 8.76. The maximum atomic E-state index is 12.3. The summed E-state index contributed by atoms with van der Waals surface area (Å²) in [5.41, 5.74) is 1.59. The summed E-state index contributed by atoms with van der Waals surface area (Å²) < 4.78 is 7.83. The van der Waals surface area contributed by atoms with Crippen LogP contribution in [0.1, 0.15) is 17.8 Å². The maximum absolute atomic E-state index is 12.3. The van der Waals surface area contributed by atoms with Gasteiger partial charge in [0, 0.05) is 18.0 Å². The fourth-order valence-electron chi connectivity index (χ4n) is 2.99. The minimum Gasteiger partial charge on any atom is -0.493 e. The number of aryl methyl sites for hydroxylation is 2. The smallest absolute Gasteiger partial charge is 0.234 e. The van der Waals surface area contributed by atoms with Gasteiger partial charge in [-0.05, 0) is 49.2 Å². The zero-order valence-electron chi connectivity index (χ0n) is 17.7. The summed E-state index contributed by atoms with van der Waals surface area (Å²) >= 11 is 13.4. The molecule has 0 radical (unpaired) electrons. The topological polar surface area (TPSA) is 69.0 Å². The number of rotatable bonds is 11. The normalized spacial score (nSPS) is 10.7. The molecule has 0 saturated heterocycles. The minimum atomic E-state index is -0.162. The maximum Gasteiger partial charge on any atom is 0.234 e. The Kier molecular flexibility index (Phi) is 9.02. The molecule has 9 heteroatoms. The summed E-state index contributed by atoms with van der Waals surface area (Å²) in [5.74, 6) is 1.68. The van der Waals surface area contributed by atoms with Crippen molar-refractivity contribution < 1.29 is 9.53 Å². The lowest BCUT2D eigenvalue weighted by molar-refractivity contribution is -0.113. The fourth-order valence-corrected chi connectivity index (χ4v) is 4.17. The second-order valence-electron chi connectivity index (χ2n) is 6.98. The van der Waals surface area contributed by atoms with E-state index in [2.05, 4.69) is 22.1 Å². The molecule has 0 atom stereocenters. The van der Waals surface area contributed by atoms with Gasteiger partial charge in [-0.1, -0.05) is 53.2 Å². The van der Waals surface area contributed by atoms with Gasteiger partial charge in [-0.2, -0.15) is 0 Å². The van der Waals surface area contributed by atoms with Crippen molar-refractivity contribution in [1.82, 2.24) is 14.8 Å². The van der Waals surface area contributed by atoms with Crippen molar-refractivity contribution in [3.05, 3.63) is 76.6 Å². The molecular formula is C23H24Cl2N4O2S. The van der Waals surface area contributed by atoms with E-state index in [9.17, 15) is 4.79 Å². The largest absolute Gasteiger partial charge is 0.493 e. The molecular weight excluding hydrogens is 467 g/mol. The SMILES string of the molecule is C=CCn1c(CCCOc2ccc(Cl)cc2C)nnc1SCC(=O)Nc1ccccc1Cl. The number of nitrogens with zero attached hydrogens (tertiary/aromatic N) is 3. The van der Waals surface area contributed by atoms with Crippen LogP contribution < -0.4 is 10.1 Å². The number of benzene rings is 2. The van der Waals surface area contributed by atoms with Crippen molar-refractivity contribution >= 4 is 46.6 Å². The van der Waals surface area contributed by atoms with E-state index in [1.54, 1.807) is 18.2 Å². The quantitative estimate of drug-likeness (QED) is 0.208. The lowest BCUT2D eigenvalue weighted by Gasteiger charge is -2.10. The van der Waals surface area contributed by atoms with E-state index in [0.29, 0.717) is 40.5 Å². The average molecular weight is 491 g/mol. The van der Waals surface area contributed by atoms with Gasteiger partial charge in [-0.15, -0.1) is 16.8 Å². The predicted molar refractivity (Wildman–Crippen MR) is 131 cm³/mol. The monoisotopic (exact) mass is 490 g/mol. The Balaban J connectivity index is 1.53. The molecule has 0 unspecified atom stereocenters. The number of hydrogen-bond donors (Lipinski definition) is 1. The Morgan fingerprint density at radius 3 is 2.81 bits per heavy atom. The van der Waals surface area contributed by atoms with Crippen LogP contribution in [-0.4, -0.2) is 33.0 Å². The molecule has 1 N–H and O–H groups in total. The molecule has 0 bridgehead atoms. The Hall–Kier alpha value is -2.48. The highest BCUT2D eigenvalue weighted by atomic mass is 35.5. The molecule has 168 valence electrons. The van der Waals surface area contributed by atoms with Gasteiger partial charge in [-0.3, -0.25) is 4.79 Å². The van der Waals surface area contributed by atoms with Crippen LogP contribution in [0.5, 0.6) is 5.75 Å². The summed E-state index contributed by atoms with van der Waals surface area (Å²) in [6.45, 7) is 6.89. The molecule has 3 aromatic rings. The van der Waals surface area contributed by atoms with Crippen LogP contribution in [0.4, 0.5) is 5.69 Å². The van der Waals surface area contributed by atoms with Crippen LogP contribution in [0, 0.1) is 6.92 Å². The van der Waals surface area contributed by atoms with Crippen LogP contribution in [0.15, 0.2) is 60.3 Å². The molecule has 32 heavy (non-hydrogen) atoms. The first-order chi connectivity index (χ1) is 15.5. The van der Waals surface area contributed by atoms with Crippen molar-refractivity contribution in [3.63, 3.8) is 0 Å². The van der Waals surface area contributed by atoms with Crippen LogP contribution >= 0.6 is 35.0 Å². The number of nitrogens with one attached hydrogen (secondary N) is 1. The van der Waals surface area contributed by atoms with Gasteiger partial charge >= 0.3 is 0 Å². The molecule has 0 saturated carbocycles. The summed E-state index contributed by atoms with van der Waals surface area (Å²) in [6, 6.07) is 12.7. The van der Waals surface area contributed by atoms with Crippen LogP contribution in [-0.2, 0) is 17.8 Å². The standard InChI is InChI=1S/C23H24Cl2N4O2S/c1-3-12-29-21(9-6-13-31-20-11-10-17(24)14-16(20)2)27-28-23(29)32-15-22(30)26-19-8-5-4-7-18(19)25/h3-5,7-8,10-11,14H,1,6,9,12-13,15H2,2H3,(H,26,30). The molecule has 0 fully saturated rings. The van der Waals surface area contributed by atoms with E-state index < -0.39 is 0 Å². The number of carbonyl (C=O) groups excluding carboxylic acids is 1. The van der Waals surface area contributed by atoms with E-state index in [4.69, 9.17) is 27.9 Å². The van der Waals surface area contributed by atoms with Crippen LogP contribution in [0.2, 0.25) is 10.0 Å². The third-order valence-electron chi connectivity index (χ3n) is 4.52. The number of carbonyl (C=O) groups is 1. The molecule has 3 rings (SSSR count). The molecule has 0 aliphatic rings. The molecule has 0 aliphatic carbocycles. The third kappa shape index (κ3) is 6.76. The van der Waals surface area contributed by atoms with Gasteiger partial charge in [0.05, 0.1) is 23.1 Å². The lowest BCUT2D eigenvalue weighted by Crippen LogP contribution is -2.15.